The number of hydrogen-bond acceptors (Lipinski definition) is 8. The van der Waals surface area contributed by atoms with E-state index in [0.29, 0.717) is 79.3 Å². The summed E-state index contributed by atoms with van der Waals surface area (Å²) in [5.41, 5.74) is 0. The largest absolute Gasteiger partial charge is 1.00 e. The number of nitrogens with zero attached hydrogens (tertiary/aromatic N) is 2. The van der Waals surface area contributed by atoms with Crippen LogP contribution in [0.25, 0.3) is 0 Å². The summed E-state index contributed by atoms with van der Waals surface area (Å²) in [5.74, 6) is 0. The summed E-state index contributed by atoms with van der Waals surface area (Å²) in [6.07, 6.45) is 0. The van der Waals surface area contributed by atoms with Crippen molar-refractivity contribution < 1.29 is 88.0 Å². The molecular weight excluding hydrogens is 602 g/mol. The number of rotatable bonds is 2. The molecule has 0 radical (unpaired) electrons. The van der Waals surface area contributed by atoms with E-state index in [1.807, 2.05) is 0 Å². The van der Waals surface area contributed by atoms with Crippen molar-refractivity contribution in [3.63, 3.8) is 0 Å². The molecule has 3 heterocycles. The second-order valence-electron chi connectivity index (χ2n) is 10.5. The molecule has 0 aromatic heterocycles. The van der Waals surface area contributed by atoms with Gasteiger partial charge in [0.05, 0.1) is 79.3 Å². The maximum absolute atomic E-state index is 14.7. The number of ether oxygens (including phenoxy) is 6. The first kappa shape index (κ1) is 39.0. The van der Waals surface area contributed by atoms with Crippen molar-refractivity contribution in [3.05, 3.63) is 60.7 Å². The van der Waals surface area contributed by atoms with Gasteiger partial charge >= 0.3 is 145 Å². The van der Waals surface area contributed by atoms with Gasteiger partial charge in [-0.1, -0.05) is 0 Å². The Morgan fingerprint density at radius 3 is 0.907 bits per heavy atom. The van der Waals surface area contributed by atoms with Crippen LogP contribution < -0.4 is 61.8 Å². The molecule has 0 aliphatic carbocycles. The summed E-state index contributed by atoms with van der Waals surface area (Å²) >= 11 is 0. The minimum atomic E-state index is -5.20. The molecule has 3 fully saturated rings. The standard InChI is InChI=1S/C18H36N2O6.C13H13F2Si.K/c1-7-21-13-14-24-10-4-20-5-11-25-17-15-22-8-2-19(1)3-9-23-16-18-26-12-6-20;1-16(14,15,12-8-4-2-5-9-12)13-10-6-3-7-11-13;/h1-18H2;2-11H,1H3;/q;-1;+1. The predicted octanol–water partition coefficient (Wildman–Crippen LogP) is -0.513. The molecule has 2 aromatic carbocycles. The van der Waals surface area contributed by atoms with Gasteiger partial charge in [0, 0.05) is 39.3 Å². The van der Waals surface area contributed by atoms with Crippen LogP contribution in [0.15, 0.2) is 60.7 Å². The van der Waals surface area contributed by atoms with Crippen LogP contribution in [0.1, 0.15) is 0 Å². The van der Waals surface area contributed by atoms with Crippen LogP contribution in [-0.2, 0) is 28.4 Å². The van der Waals surface area contributed by atoms with Gasteiger partial charge in [-0.25, -0.2) is 0 Å². The normalized spacial score (nSPS) is 23.7. The van der Waals surface area contributed by atoms with Crippen LogP contribution >= 0.6 is 0 Å². The molecular formula is C31H49F2KN2O6Si. The van der Waals surface area contributed by atoms with E-state index >= 15 is 0 Å². The fourth-order valence-electron chi connectivity index (χ4n) is 4.59. The molecule has 2 bridgehead atoms. The third-order valence-electron chi connectivity index (χ3n) is 7.28. The molecule has 43 heavy (non-hydrogen) atoms. The van der Waals surface area contributed by atoms with Crippen molar-refractivity contribution >= 4 is 18.4 Å². The van der Waals surface area contributed by atoms with Gasteiger partial charge in [0.2, 0.25) is 0 Å². The molecule has 0 unspecified atom stereocenters. The van der Waals surface area contributed by atoms with Crippen LogP contribution in [0.4, 0.5) is 8.22 Å². The van der Waals surface area contributed by atoms with Crippen molar-refractivity contribution in [2.75, 3.05) is 119 Å². The molecule has 2 aromatic rings. The molecule has 3 saturated heterocycles. The van der Waals surface area contributed by atoms with Gasteiger partial charge in [0.25, 0.3) is 0 Å². The number of halogens is 2. The van der Waals surface area contributed by atoms with E-state index in [9.17, 15) is 8.22 Å². The smallest absolute Gasteiger partial charge is 1.00 e. The number of fused-ring (bicyclic) bond motifs is 21. The zero-order chi connectivity index (χ0) is 29.8. The zero-order valence-electron chi connectivity index (χ0n) is 26.1. The average molecular weight is 651 g/mol. The summed E-state index contributed by atoms with van der Waals surface area (Å²) in [4.78, 5) is 4.62. The average Bonchev–Trinajstić information content (AvgIpc) is 3.00. The first-order chi connectivity index (χ1) is 20.4. The minimum absolute atomic E-state index is 0. The molecule has 5 rings (SSSR count). The van der Waals surface area contributed by atoms with Gasteiger partial charge in [-0.2, -0.15) is 0 Å². The van der Waals surface area contributed by atoms with Crippen LogP contribution in [0.3, 0.4) is 0 Å². The first-order valence-corrected chi connectivity index (χ1v) is 17.8. The van der Waals surface area contributed by atoms with E-state index in [2.05, 4.69) is 9.80 Å². The zero-order valence-corrected chi connectivity index (χ0v) is 30.2. The number of hydrogen-bond donors (Lipinski definition) is 0. The van der Waals surface area contributed by atoms with Gasteiger partial charge in [-0.3, -0.25) is 9.80 Å². The Hall–Kier alpha value is -0.167. The summed E-state index contributed by atoms with van der Waals surface area (Å²) in [6.45, 7) is 14.3. The Bertz CT molecular complexity index is 840. The van der Waals surface area contributed by atoms with E-state index < -0.39 is 8.02 Å². The summed E-state index contributed by atoms with van der Waals surface area (Å²) in [6, 6.07) is 16.2. The molecule has 8 nitrogen and oxygen atoms in total. The minimum Gasteiger partial charge on any atom is 1.00 e. The molecule has 0 spiro atoms. The van der Waals surface area contributed by atoms with Crippen molar-refractivity contribution in [3.8, 4) is 0 Å². The van der Waals surface area contributed by atoms with Crippen LogP contribution in [0.2, 0.25) is 6.55 Å². The van der Waals surface area contributed by atoms with Gasteiger partial charge in [-0.05, 0) is 0 Å². The molecule has 0 atom stereocenters. The van der Waals surface area contributed by atoms with Crippen LogP contribution in [0, 0.1) is 0 Å². The van der Waals surface area contributed by atoms with Crippen molar-refractivity contribution in [2.45, 2.75) is 6.55 Å². The topological polar surface area (TPSA) is 61.9 Å². The molecule has 3 aliphatic rings. The van der Waals surface area contributed by atoms with E-state index in [0.717, 1.165) is 45.8 Å². The van der Waals surface area contributed by atoms with Crippen LogP contribution in [-0.4, -0.2) is 136 Å². The SMILES string of the molecule is C1COCCN2CCOCCOCCN(CCO1)CCOCCOCC2.C[Si-](F)(F)(c1ccccc1)c1ccccc1.[K+]. The molecule has 238 valence electrons. The molecule has 3 aliphatic heterocycles. The van der Waals surface area contributed by atoms with Gasteiger partial charge in [0.1, 0.15) is 0 Å². The van der Waals surface area contributed by atoms with E-state index in [1.165, 1.54) is 24.3 Å². The molecule has 12 heteroatoms. The van der Waals surface area contributed by atoms with E-state index in [1.54, 1.807) is 36.4 Å². The maximum Gasteiger partial charge on any atom is 1.00 e. The predicted molar refractivity (Wildman–Crippen MR) is 164 cm³/mol. The summed E-state index contributed by atoms with van der Waals surface area (Å²) in [7, 11) is -5.20. The van der Waals surface area contributed by atoms with Crippen molar-refractivity contribution in [1.82, 2.24) is 9.80 Å². The summed E-state index contributed by atoms with van der Waals surface area (Å²) < 4.78 is 63.7. The summed E-state index contributed by atoms with van der Waals surface area (Å²) in [5, 5.41) is 0.322. The monoisotopic (exact) mass is 650 g/mol. The second kappa shape index (κ2) is 22.4. The maximum atomic E-state index is 14.7. The van der Waals surface area contributed by atoms with Crippen molar-refractivity contribution in [2.24, 2.45) is 0 Å². The second-order valence-corrected chi connectivity index (χ2v) is 14.6. The molecule has 0 amide bonds. The molecule has 0 saturated carbocycles. The van der Waals surface area contributed by atoms with E-state index in [-0.39, 0.29) is 61.8 Å². The van der Waals surface area contributed by atoms with E-state index in [4.69, 9.17) is 28.4 Å². The fraction of sp³-hybridized carbons (Fsp3) is 0.613. The third-order valence-corrected chi connectivity index (χ3v) is 10.5. The molecule has 0 N–H and O–H groups in total. The van der Waals surface area contributed by atoms with Crippen LogP contribution in [0.5, 0.6) is 0 Å². The fourth-order valence-corrected chi connectivity index (χ4v) is 6.82. The van der Waals surface area contributed by atoms with Gasteiger partial charge in [-0.15, -0.1) is 0 Å². The Kier molecular flexibility index (Phi) is 20.3. The first-order valence-electron chi connectivity index (χ1n) is 15.1. The number of benzene rings is 2. The Labute approximate surface area is 299 Å². The Balaban J connectivity index is 0.000000325. The van der Waals surface area contributed by atoms with Crippen molar-refractivity contribution in [1.29, 1.82) is 0 Å². The van der Waals surface area contributed by atoms with Gasteiger partial charge < -0.3 is 28.4 Å². The Morgan fingerprint density at radius 1 is 0.442 bits per heavy atom. The Morgan fingerprint density at radius 2 is 0.674 bits per heavy atom. The third kappa shape index (κ3) is 15.8. The quantitative estimate of drug-likeness (QED) is 0.319. The van der Waals surface area contributed by atoms with Gasteiger partial charge in [0.15, 0.2) is 0 Å².